The molecule has 3 nitrogen and oxygen atoms in total. The highest BCUT2D eigenvalue weighted by Crippen LogP contribution is 2.39. The smallest absolute Gasteiger partial charge is 0.311 e. The highest BCUT2D eigenvalue weighted by Gasteiger charge is 2.17. The summed E-state index contributed by atoms with van der Waals surface area (Å²) in [4.78, 5) is 17.4. The molecule has 0 unspecified atom stereocenters. The number of aromatic nitrogens is 1. The highest BCUT2D eigenvalue weighted by molar-refractivity contribution is 7.22. The molecule has 0 bridgehead atoms. The van der Waals surface area contributed by atoms with Gasteiger partial charge in [0.05, 0.1) is 28.4 Å². The number of aromatic amines is 1. The van der Waals surface area contributed by atoms with Crippen LogP contribution in [0.15, 0.2) is 48.5 Å². The zero-order chi connectivity index (χ0) is 17.4. The van der Waals surface area contributed by atoms with Crippen LogP contribution in [0.1, 0.15) is 5.69 Å². The van der Waals surface area contributed by atoms with Crippen molar-refractivity contribution >= 4 is 50.3 Å². The second-order valence-electron chi connectivity index (χ2n) is 5.58. The minimum absolute atomic E-state index is 0.201. The number of benzene rings is 1. The van der Waals surface area contributed by atoms with Crippen molar-refractivity contribution in [3.8, 4) is 21.0 Å². The summed E-state index contributed by atoms with van der Waals surface area (Å²) in [5.41, 5.74) is 2.84. The predicted octanol–water partition coefficient (Wildman–Crippen LogP) is 5.99. The van der Waals surface area contributed by atoms with Gasteiger partial charge in [-0.1, -0.05) is 29.8 Å². The maximum Gasteiger partial charge on any atom is 0.311 e. The molecular weight excluding hydrogens is 374 g/mol. The number of ether oxygens (including phenoxy) is 1. The third kappa shape index (κ3) is 3.23. The van der Waals surface area contributed by atoms with E-state index in [1.165, 1.54) is 28.5 Å². The van der Waals surface area contributed by atoms with Gasteiger partial charge in [0.2, 0.25) is 0 Å². The third-order valence-corrected chi connectivity index (χ3v) is 6.39. The SMILES string of the molecule is COC(=O)Cc1[nH]c(-c2cc3ccccc3s2)cc1-c1ccc(Cl)s1. The largest absolute Gasteiger partial charge is 0.469 e. The average molecular weight is 388 g/mol. The Morgan fingerprint density at radius 1 is 1.12 bits per heavy atom. The molecule has 3 heterocycles. The normalized spacial score (nSPS) is 11.1. The van der Waals surface area contributed by atoms with E-state index in [1.54, 1.807) is 11.3 Å². The van der Waals surface area contributed by atoms with Crippen LogP contribution in [0.3, 0.4) is 0 Å². The molecule has 0 saturated heterocycles. The van der Waals surface area contributed by atoms with E-state index in [4.69, 9.17) is 16.3 Å². The lowest BCUT2D eigenvalue weighted by atomic mass is 10.1. The van der Waals surface area contributed by atoms with Crippen molar-refractivity contribution in [2.75, 3.05) is 7.11 Å². The molecule has 1 aromatic carbocycles. The maximum absolute atomic E-state index is 11.8. The molecule has 0 saturated carbocycles. The van der Waals surface area contributed by atoms with E-state index >= 15 is 0 Å². The Balaban J connectivity index is 1.81. The Kier molecular flexibility index (Phi) is 4.37. The zero-order valence-corrected chi connectivity index (χ0v) is 15.7. The first-order valence-corrected chi connectivity index (χ1v) is 9.68. The van der Waals surface area contributed by atoms with Crippen LogP contribution < -0.4 is 0 Å². The molecule has 0 spiro atoms. The standard InChI is InChI=1S/C19H14ClNO2S2/c1-23-19(22)10-13-12(16-6-7-18(20)25-16)9-14(21-13)17-8-11-4-2-3-5-15(11)24-17/h2-9,21H,10H2,1H3. The molecule has 0 atom stereocenters. The number of halogens is 1. The predicted molar refractivity (Wildman–Crippen MR) is 106 cm³/mol. The molecule has 4 aromatic rings. The fourth-order valence-electron chi connectivity index (χ4n) is 2.78. The molecule has 0 fully saturated rings. The zero-order valence-electron chi connectivity index (χ0n) is 13.3. The lowest BCUT2D eigenvalue weighted by Gasteiger charge is -2.00. The van der Waals surface area contributed by atoms with Crippen molar-refractivity contribution < 1.29 is 9.53 Å². The van der Waals surface area contributed by atoms with E-state index in [0.29, 0.717) is 0 Å². The number of methoxy groups -OCH3 is 1. The third-order valence-electron chi connectivity index (χ3n) is 3.98. The van der Waals surface area contributed by atoms with Crippen LogP contribution in [0.5, 0.6) is 0 Å². The summed E-state index contributed by atoms with van der Waals surface area (Å²) in [5, 5.41) is 1.22. The van der Waals surface area contributed by atoms with Crippen molar-refractivity contribution in [2.24, 2.45) is 0 Å². The van der Waals surface area contributed by atoms with Crippen molar-refractivity contribution in [3.05, 3.63) is 58.6 Å². The first-order valence-electron chi connectivity index (χ1n) is 7.67. The fraction of sp³-hybridized carbons (Fsp3) is 0.105. The number of thiophene rings is 2. The van der Waals surface area contributed by atoms with Crippen molar-refractivity contribution in [1.29, 1.82) is 0 Å². The quantitative estimate of drug-likeness (QED) is 0.437. The van der Waals surface area contributed by atoms with Crippen LogP contribution in [0, 0.1) is 0 Å². The molecule has 0 aliphatic rings. The number of carbonyl (C=O) groups excluding carboxylic acids is 1. The van der Waals surface area contributed by atoms with Gasteiger partial charge < -0.3 is 9.72 Å². The van der Waals surface area contributed by atoms with Gasteiger partial charge in [-0.2, -0.15) is 0 Å². The van der Waals surface area contributed by atoms with Gasteiger partial charge in [-0.05, 0) is 35.7 Å². The van der Waals surface area contributed by atoms with Gasteiger partial charge >= 0.3 is 5.97 Å². The minimum atomic E-state index is -0.270. The van der Waals surface area contributed by atoms with Crippen LogP contribution in [0.2, 0.25) is 4.34 Å². The van der Waals surface area contributed by atoms with E-state index in [0.717, 1.165) is 31.0 Å². The molecule has 0 aliphatic heterocycles. The summed E-state index contributed by atoms with van der Waals surface area (Å²) in [6.07, 6.45) is 0.201. The van der Waals surface area contributed by atoms with E-state index in [9.17, 15) is 4.79 Å². The Labute approximate surface area is 157 Å². The number of esters is 1. The summed E-state index contributed by atoms with van der Waals surface area (Å²) in [5.74, 6) is -0.270. The number of H-pyrrole nitrogens is 1. The van der Waals surface area contributed by atoms with E-state index in [2.05, 4.69) is 29.2 Å². The Hall–Kier alpha value is -2.08. The van der Waals surface area contributed by atoms with E-state index < -0.39 is 0 Å². The monoisotopic (exact) mass is 387 g/mol. The van der Waals surface area contributed by atoms with Crippen molar-refractivity contribution in [2.45, 2.75) is 6.42 Å². The van der Waals surface area contributed by atoms with Crippen LogP contribution in [-0.2, 0) is 16.0 Å². The Bertz CT molecular complexity index is 1030. The summed E-state index contributed by atoms with van der Waals surface area (Å²) in [6, 6.07) is 16.4. The van der Waals surface area contributed by atoms with Gasteiger partial charge in [-0.25, -0.2) is 0 Å². The van der Waals surface area contributed by atoms with Crippen LogP contribution in [0.25, 0.3) is 31.1 Å². The average Bonchev–Trinajstić information content (AvgIpc) is 3.31. The first kappa shape index (κ1) is 16.4. The second-order valence-corrected chi connectivity index (χ2v) is 8.38. The van der Waals surface area contributed by atoms with Crippen LogP contribution in [0.4, 0.5) is 0 Å². The van der Waals surface area contributed by atoms with Gasteiger partial charge in [0.15, 0.2) is 0 Å². The van der Waals surface area contributed by atoms with E-state index in [-0.39, 0.29) is 12.4 Å². The van der Waals surface area contributed by atoms with Gasteiger partial charge in [0, 0.05) is 20.8 Å². The molecule has 4 rings (SSSR count). The lowest BCUT2D eigenvalue weighted by Crippen LogP contribution is -2.05. The van der Waals surface area contributed by atoms with Crippen LogP contribution in [-0.4, -0.2) is 18.1 Å². The molecular formula is C19H14ClNO2S2. The summed E-state index contributed by atoms with van der Waals surface area (Å²) < 4.78 is 6.80. The molecule has 25 heavy (non-hydrogen) atoms. The van der Waals surface area contributed by atoms with Crippen molar-refractivity contribution in [1.82, 2.24) is 4.98 Å². The molecule has 0 aliphatic carbocycles. The number of hydrogen-bond donors (Lipinski definition) is 1. The molecule has 3 aromatic heterocycles. The topological polar surface area (TPSA) is 42.1 Å². The fourth-order valence-corrected chi connectivity index (χ4v) is 4.90. The number of rotatable bonds is 4. The molecule has 0 amide bonds. The van der Waals surface area contributed by atoms with Gasteiger partial charge in [0.25, 0.3) is 0 Å². The lowest BCUT2D eigenvalue weighted by molar-refractivity contribution is -0.139. The Morgan fingerprint density at radius 3 is 2.68 bits per heavy atom. The first-order chi connectivity index (χ1) is 12.1. The molecule has 6 heteroatoms. The number of nitrogens with one attached hydrogen (secondary N) is 1. The number of fused-ring (bicyclic) bond motifs is 1. The summed E-state index contributed by atoms with van der Waals surface area (Å²) in [6.45, 7) is 0. The van der Waals surface area contributed by atoms with Gasteiger partial charge in [-0.3, -0.25) is 4.79 Å². The highest BCUT2D eigenvalue weighted by atomic mass is 35.5. The minimum Gasteiger partial charge on any atom is -0.469 e. The van der Waals surface area contributed by atoms with Crippen molar-refractivity contribution in [3.63, 3.8) is 0 Å². The summed E-state index contributed by atoms with van der Waals surface area (Å²) in [7, 11) is 1.40. The molecule has 1 N–H and O–H groups in total. The maximum atomic E-state index is 11.8. The number of carbonyl (C=O) groups is 1. The van der Waals surface area contributed by atoms with E-state index in [1.807, 2.05) is 24.3 Å². The molecule has 0 radical (unpaired) electrons. The Morgan fingerprint density at radius 2 is 1.96 bits per heavy atom. The van der Waals surface area contributed by atoms with Gasteiger partial charge in [-0.15, -0.1) is 22.7 Å². The van der Waals surface area contributed by atoms with Gasteiger partial charge in [0.1, 0.15) is 0 Å². The molecule has 126 valence electrons. The van der Waals surface area contributed by atoms with Crippen LogP contribution >= 0.6 is 34.3 Å². The summed E-state index contributed by atoms with van der Waals surface area (Å²) >= 11 is 9.32. The second kappa shape index (κ2) is 6.67. The number of hydrogen-bond acceptors (Lipinski definition) is 4.